The number of carbonyl (C=O) groups excluding carboxylic acids is 2. The number of rotatable bonds is 9. The van der Waals surface area contributed by atoms with Crippen LogP contribution in [0.1, 0.15) is 59.9 Å². The molecule has 0 unspecified atom stereocenters. The average molecular weight is 543 g/mol. The Kier molecular flexibility index (Phi) is 7.28. The van der Waals surface area contributed by atoms with Gasteiger partial charge in [-0.3, -0.25) is 14.3 Å². The van der Waals surface area contributed by atoms with E-state index in [1.54, 1.807) is 16.8 Å². The minimum absolute atomic E-state index is 0.101. The number of fused-ring (bicyclic) bond motifs is 3. The molecule has 1 atom stereocenters. The van der Waals surface area contributed by atoms with Crippen molar-refractivity contribution in [3.63, 3.8) is 0 Å². The molecule has 0 saturated heterocycles. The third-order valence-corrected chi connectivity index (χ3v) is 7.29. The van der Waals surface area contributed by atoms with Gasteiger partial charge in [0, 0.05) is 6.26 Å². The molecule has 37 heavy (non-hydrogen) atoms. The molecule has 2 aromatic rings. The van der Waals surface area contributed by atoms with Crippen molar-refractivity contribution in [1.29, 1.82) is 0 Å². The van der Waals surface area contributed by atoms with Crippen molar-refractivity contribution >= 4 is 27.3 Å². The summed E-state index contributed by atoms with van der Waals surface area (Å²) in [5, 5.41) is 10.3. The Morgan fingerprint density at radius 1 is 1.30 bits per heavy atom. The summed E-state index contributed by atoms with van der Waals surface area (Å²) in [4.78, 5) is 25.8. The second kappa shape index (κ2) is 9.99. The van der Waals surface area contributed by atoms with E-state index in [2.05, 4.69) is 15.7 Å². The molecule has 2 heterocycles. The van der Waals surface area contributed by atoms with E-state index in [4.69, 9.17) is 4.74 Å². The lowest BCUT2D eigenvalue weighted by Gasteiger charge is -2.36. The number of hydrogen-bond acceptors (Lipinski definition) is 6. The van der Waals surface area contributed by atoms with Gasteiger partial charge in [-0.1, -0.05) is 25.8 Å². The van der Waals surface area contributed by atoms with Crippen LogP contribution in [0, 0.1) is 0 Å². The number of amides is 2. The van der Waals surface area contributed by atoms with Gasteiger partial charge in [-0.2, -0.15) is 18.3 Å². The monoisotopic (exact) mass is 542 g/mol. The van der Waals surface area contributed by atoms with Crippen LogP contribution >= 0.6 is 0 Å². The average Bonchev–Trinajstić information content (AvgIpc) is 3.29. The number of sulfone groups is 1. The maximum Gasteiger partial charge on any atom is 0.422 e. The number of hydrogen-bond donors (Lipinski definition) is 2. The summed E-state index contributed by atoms with van der Waals surface area (Å²) < 4.78 is 67.2. The molecule has 0 radical (unpaired) electrons. The minimum atomic E-state index is -4.45. The van der Waals surface area contributed by atoms with Gasteiger partial charge < -0.3 is 15.4 Å². The number of nitrogens with one attached hydrogen (secondary N) is 2. The Labute approximate surface area is 212 Å². The third-order valence-electron chi connectivity index (χ3n) is 6.50. The van der Waals surface area contributed by atoms with Crippen molar-refractivity contribution in [3.8, 4) is 5.75 Å². The molecule has 13 heteroatoms. The fourth-order valence-electron chi connectivity index (χ4n) is 4.97. The molecule has 2 aliphatic rings. The van der Waals surface area contributed by atoms with Gasteiger partial charge in [0.25, 0.3) is 5.91 Å². The van der Waals surface area contributed by atoms with E-state index < -0.39 is 45.7 Å². The minimum Gasteiger partial charge on any atom is -0.484 e. The first-order valence-electron chi connectivity index (χ1n) is 12.0. The van der Waals surface area contributed by atoms with Crippen LogP contribution in [-0.4, -0.2) is 54.8 Å². The SMILES string of the molecule is CCCCCc1nn2c(c1NC(=O)CS(C)(=O)=O)C(=O)N[C@]1(CCc3cc(OCC(F)(F)F)ccc31)C2. The Morgan fingerprint density at radius 3 is 2.73 bits per heavy atom. The Bertz CT molecular complexity index is 1320. The molecular weight excluding hydrogens is 513 g/mol. The van der Waals surface area contributed by atoms with Crippen molar-refractivity contribution in [2.75, 3.05) is 23.9 Å². The Morgan fingerprint density at radius 2 is 2.05 bits per heavy atom. The van der Waals surface area contributed by atoms with Gasteiger partial charge in [-0.25, -0.2) is 8.42 Å². The normalized spacial score (nSPS) is 18.9. The van der Waals surface area contributed by atoms with E-state index in [1.807, 2.05) is 6.92 Å². The summed E-state index contributed by atoms with van der Waals surface area (Å²) in [6.45, 7) is 0.910. The highest BCUT2D eigenvalue weighted by molar-refractivity contribution is 7.91. The second-order valence-electron chi connectivity index (χ2n) is 9.66. The van der Waals surface area contributed by atoms with E-state index in [0.717, 1.165) is 36.6 Å². The fourth-order valence-corrected chi connectivity index (χ4v) is 5.51. The van der Waals surface area contributed by atoms with E-state index in [0.29, 0.717) is 25.0 Å². The first-order chi connectivity index (χ1) is 17.3. The van der Waals surface area contributed by atoms with E-state index in [-0.39, 0.29) is 23.7 Å². The molecule has 4 rings (SSSR count). The summed E-state index contributed by atoms with van der Waals surface area (Å²) in [5.74, 6) is -1.84. The second-order valence-corrected chi connectivity index (χ2v) is 11.8. The van der Waals surface area contributed by atoms with Gasteiger partial charge in [0.1, 0.15) is 17.2 Å². The van der Waals surface area contributed by atoms with Crippen molar-refractivity contribution < 1.29 is 35.9 Å². The first kappa shape index (κ1) is 27.0. The topological polar surface area (TPSA) is 119 Å². The lowest BCUT2D eigenvalue weighted by Crippen LogP contribution is -2.52. The summed E-state index contributed by atoms with van der Waals surface area (Å²) in [7, 11) is -3.58. The summed E-state index contributed by atoms with van der Waals surface area (Å²) in [6, 6.07) is 4.68. The maximum atomic E-state index is 13.4. The van der Waals surface area contributed by atoms with Crippen LogP contribution in [0.3, 0.4) is 0 Å². The highest BCUT2D eigenvalue weighted by Gasteiger charge is 2.46. The summed E-state index contributed by atoms with van der Waals surface area (Å²) in [6.07, 6.45) is 0.692. The zero-order valence-corrected chi connectivity index (χ0v) is 21.4. The van der Waals surface area contributed by atoms with Crippen LogP contribution in [0.5, 0.6) is 5.75 Å². The molecule has 2 amide bonds. The molecule has 0 saturated carbocycles. The van der Waals surface area contributed by atoms with Crippen LogP contribution in [-0.2, 0) is 39.6 Å². The number of aromatic nitrogens is 2. The van der Waals surface area contributed by atoms with Gasteiger partial charge in [0.2, 0.25) is 5.91 Å². The predicted octanol–water partition coefficient (Wildman–Crippen LogP) is 3.13. The highest BCUT2D eigenvalue weighted by atomic mass is 32.2. The predicted molar refractivity (Wildman–Crippen MR) is 129 cm³/mol. The number of carbonyl (C=O) groups is 2. The molecule has 1 aromatic carbocycles. The number of unbranched alkanes of at least 4 members (excludes halogenated alkanes) is 2. The van der Waals surface area contributed by atoms with Crippen LogP contribution in [0.4, 0.5) is 18.9 Å². The zero-order chi connectivity index (χ0) is 27.0. The number of ether oxygens (including phenoxy) is 1. The van der Waals surface area contributed by atoms with Gasteiger partial charge in [-0.15, -0.1) is 0 Å². The first-order valence-corrected chi connectivity index (χ1v) is 14.1. The molecule has 1 spiro atoms. The molecule has 1 aliphatic carbocycles. The lowest BCUT2D eigenvalue weighted by atomic mass is 9.89. The van der Waals surface area contributed by atoms with E-state index in [1.165, 1.54) is 6.07 Å². The largest absolute Gasteiger partial charge is 0.484 e. The number of alkyl halides is 3. The number of halogens is 3. The van der Waals surface area contributed by atoms with Crippen molar-refractivity contribution in [2.24, 2.45) is 0 Å². The number of benzene rings is 1. The molecule has 0 fully saturated rings. The van der Waals surface area contributed by atoms with Gasteiger partial charge in [-0.05, 0) is 48.9 Å². The van der Waals surface area contributed by atoms with Crippen LogP contribution in [0.2, 0.25) is 0 Å². The molecule has 1 aromatic heterocycles. The molecule has 1 aliphatic heterocycles. The van der Waals surface area contributed by atoms with E-state index in [9.17, 15) is 31.2 Å². The Balaban J connectivity index is 1.64. The molecule has 202 valence electrons. The van der Waals surface area contributed by atoms with E-state index >= 15 is 0 Å². The third kappa shape index (κ3) is 6.08. The highest BCUT2D eigenvalue weighted by Crippen LogP contribution is 2.43. The van der Waals surface area contributed by atoms with Crippen molar-refractivity contribution in [2.45, 2.75) is 63.7 Å². The molecule has 9 nitrogen and oxygen atoms in total. The van der Waals surface area contributed by atoms with Crippen molar-refractivity contribution in [3.05, 3.63) is 40.7 Å². The lowest BCUT2D eigenvalue weighted by molar-refractivity contribution is -0.153. The number of nitrogens with zero attached hydrogens (tertiary/aromatic N) is 2. The number of anilines is 1. The fraction of sp³-hybridized carbons (Fsp3) is 0.542. The standard InChI is InChI=1S/C24H29F3N4O5S/c1-3-4-5-6-18-20(28-19(32)12-37(2,34)35)21-22(33)29-23(13-31(21)30-18)10-9-15-11-16(7-8-17(15)23)36-14-24(25,26)27/h7-8,11H,3-6,9-10,12-14H2,1-2H3,(H,28,32)(H,29,33)/t23-/m1/s1. The van der Waals surface area contributed by atoms with Crippen molar-refractivity contribution in [1.82, 2.24) is 15.1 Å². The quantitative estimate of drug-likeness (QED) is 0.470. The van der Waals surface area contributed by atoms with Gasteiger partial charge >= 0.3 is 6.18 Å². The van der Waals surface area contributed by atoms with Gasteiger partial charge in [0.05, 0.1) is 23.5 Å². The van der Waals surface area contributed by atoms with Crippen LogP contribution in [0.15, 0.2) is 18.2 Å². The molecule has 2 N–H and O–H groups in total. The maximum absolute atomic E-state index is 13.4. The van der Waals surface area contributed by atoms with Crippen LogP contribution in [0.25, 0.3) is 0 Å². The zero-order valence-electron chi connectivity index (χ0n) is 20.6. The summed E-state index contributed by atoms with van der Waals surface area (Å²) >= 11 is 0. The van der Waals surface area contributed by atoms with Gasteiger partial charge in [0.15, 0.2) is 16.4 Å². The smallest absolute Gasteiger partial charge is 0.422 e. The molecular formula is C24H29F3N4O5S. The summed E-state index contributed by atoms with van der Waals surface area (Å²) in [5.41, 5.74) is 1.61. The Hall–Kier alpha value is -3.09. The number of aryl methyl sites for hydroxylation is 2. The van der Waals surface area contributed by atoms with Crippen LogP contribution < -0.4 is 15.4 Å². The molecule has 0 bridgehead atoms.